The summed E-state index contributed by atoms with van der Waals surface area (Å²) in [7, 11) is 1.87. The first-order valence-electron chi connectivity index (χ1n) is 7.83. The zero-order chi connectivity index (χ0) is 18.0. The zero-order valence-electron chi connectivity index (χ0n) is 14.2. The maximum absolute atomic E-state index is 12.4. The Morgan fingerprint density at radius 3 is 2.36 bits per heavy atom. The van der Waals surface area contributed by atoms with Gasteiger partial charge in [-0.15, -0.1) is 0 Å². The van der Waals surface area contributed by atoms with Crippen molar-refractivity contribution in [3.05, 3.63) is 64.7 Å². The Hall–Kier alpha value is -2.73. The van der Waals surface area contributed by atoms with E-state index in [2.05, 4.69) is 20.4 Å². The lowest BCUT2D eigenvalue weighted by molar-refractivity contribution is 0.0939. The van der Waals surface area contributed by atoms with Gasteiger partial charge < -0.3 is 5.32 Å². The number of aromatic nitrogens is 4. The largest absolute Gasteiger partial charge is 0.345 e. The summed E-state index contributed by atoms with van der Waals surface area (Å²) in [6.07, 6.45) is 4.81. The van der Waals surface area contributed by atoms with Crippen LogP contribution in [-0.4, -0.2) is 25.7 Å². The molecule has 2 heterocycles. The molecule has 3 aromatic rings. The molecule has 1 atom stereocenters. The molecule has 2 aromatic heterocycles. The third-order valence-electron chi connectivity index (χ3n) is 4.10. The standard InChI is InChI=1S/C18H18ClN5O/c1-11(16-10-22-24(3)12(16)2)23-18(25)14-8-20-17(21-9-14)13-4-6-15(19)7-5-13/h4-11H,1-3H3,(H,23,25)/t11-/m1/s1. The van der Waals surface area contributed by atoms with E-state index >= 15 is 0 Å². The molecule has 0 fully saturated rings. The lowest BCUT2D eigenvalue weighted by Gasteiger charge is -2.13. The van der Waals surface area contributed by atoms with Crippen LogP contribution in [0.25, 0.3) is 11.4 Å². The smallest absolute Gasteiger partial charge is 0.254 e. The fraction of sp³-hybridized carbons (Fsp3) is 0.222. The molecule has 128 valence electrons. The minimum atomic E-state index is -0.224. The number of carbonyl (C=O) groups excluding carboxylic acids is 1. The molecule has 0 radical (unpaired) electrons. The van der Waals surface area contributed by atoms with Crippen molar-refractivity contribution in [2.75, 3.05) is 0 Å². The topological polar surface area (TPSA) is 72.7 Å². The van der Waals surface area contributed by atoms with Crippen molar-refractivity contribution < 1.29 is 4.79 Å². The summed E-state index contributed by atoms with van der Waals surface area (Å²) in [5, 5.41) is 7.80. The van der Waals surface area contributed by atoms with E-state index in [9.17, 15) is 4.79 Å². The quantitative estimate of drug-likeness (QED) is 0.779. The van der Waals surface area contributed by atoms with Crippen LogP contribution in [0.15, 0.2) is 42.9 Å². The van der Waals surface area contributed by atoms with Crippen molar-refractivity contribution in [1.29, 1.82) is 0 Å². The van der Waals surface area contributed by atoms with Crippen LogP contribution in [0.4, 0.5) is 0 Å². The molecular weight excluding hydrogens is 338 g/mol. The van der Waals surface area contributed by atoms with Crippen LogP contribution in [0.3, 0.4) is 0 Å². The number of rotatable bonds is 4. The highest BCUT2D eigenvalue weighted by Crippen LogP contribution is 2.19. The van der Waals surface area contributed by atoms with Gasteiger partial charge in [-0.1, -0.05) is 11.6 Å². The van der Waals surface area contributed by atoms with E-state index < -0.39 is 0 Å². The normalized spacial score (nSPS) is 12.0. The summed E-state index contributed by atoms with van der Waals surface area (Å²) < 4.78 is 1.78. The van der Waals surface area contributed by atoms with E-state index in [0.717, 1.165) is 16.8 Å². The summed E-state index contributed by atoms with van der Waals surface area (Å²) in [5.74, 6) is 0.322. The molecule has 0 aliphatic heterocycles. The number of aryl methyl sites for hydroxylation is 1. The van der Waals surface area contributed by atoms with Crippen molar-refractivity contribution >= 4 is 17.5 Å². The molecule has 0 aliphatic rings. The minimum absolute atomic E-state index is 0.155. The molecule has 0 saturated carbocycles. The van der Waals surface area contributed by atoms with Gasteiger partial charge in [-0.05, 0) is 38.1 Å². The Balaban J connectivity index is 1.72. The van der Waals surface area contributed by atoms with Gasteiger partial charge in [-0.2, -0.15) is 5.10 Å². The van der Waals surface area contributed by atoms with Gasteiger partial charge in [-0.25, -0.2) is 9.97 Å². The Bertz CT molecular complexity index is 887. The van der Waals surface area contributed by atoms with Crippen LogP contribution in [0.1, 0.15) is 34.6 Å². The van der Waals surface area contributed by atoms with Crippen molar-refractivity contribution in [1.82, 2.24) is 25.1 Å². The number of nitrogens with zero attached hydrogens (tertiary/aromatic N) is 4. The van der Waals surface area contributed by atoms with E-state index in [1.54, 1.807) is 23.0 Å². The van der Waals surface area contributed by atoms with Crippen LogP contribution in [0.2, 0.25) is 5.02 Å². The summed E-state index contributed by atoms with van der Waals surface area (Å²) in [5.41, 5.74) is 3.25. The first-order valence-corrected chi connectivity index (χ1v) is 8.21. The summed E-state index contributed by atoms with van der Waals surface area (Å²) >= 11 is 5.88. The molecule has 0 aliphatic carbocycles. The average Bonchev–Trinajstić information content (AvgIpc) is 2.95. The van der Waals surface area contributed by atoms with Gasteiger partial charge in [0.05, 0.1) is 17.8 Å². The predicted octanol–water partition coefficient (Wildman–Crippen LogP) is 3.33. The van der Waals surface area contributed by atoms with Gasteiger partial charge in [0.15, 0.2) is 5.82 Å². The maximum Gasteiger partial charge on any atom is 0.254 e. The third kappa shape index (κ3) is 3.69. The predicted molar refractivity (Wildman–Crippen MR) is 96.3 cm³/mol. The van der Waals surface area contributed by atoms with Crippen molar-refractivity contribution in [3.8, 4) is 11.4 Å². The monoisotopic (exact) mass is 355 g/mol. The van der Waals surface area contributed by atoms with Gasteiger partial charge in [0.1, 0.15) is 0 Å². The van der Waals surface area contributed by atoms with Crippen LogP contribution in [-0.2, 0) is 7.05 Å². The van der Waals surface area contributed by atoms with E-state index in [1.165, 1.54) is 12.4 Å². The Labute approximate surface area is 150 Å². The van der Waals surface area contributed by atoms with Gasteiger partial charge in [0, 0.05) is 41.3 Å². The fourth-order valence-corrected chi connectivity index (χ4v) is 2.62. The highest BCUT2D eigenvalue weighted by molar-refractivity contribution is 6.30. The lowest BCUT2D eigenvalue weighted by atomic mass is 10.1. The van der Waals surface area contributed by atoms with Crippen LogP contribution >= 0.6 is 11.6 Å². The summed E-state index contributed by atoms with van der Waals surface area (Å²) in [6, 6.07) is 7.07. The molecule has 0 bridgehead atoms. The number of hydrogen-bond acceptors (Lipinski definition) is 4. The molecule has 1 amide bonds. The number of amides is 1. The van der Waals surface area contributed by atoms with E-state index in [1.807, 2.05) is 33.0 Å². The molecule has 6 nitrogen and oxygen atoms in total. The van der Waals surface area contributed by atoms with Crippen LogP contribution in [0.5, 0.6) is 0 Å². The molecule has 3 rings (SSSR count). The molecular formula is C18H18ClN5O. The average molecular weight is 356 g/mol. The molecule has 0 spiro atoms. The van der Waals surface area contributed by atoms with Crippen molar-refractivity contribution in [2.24, 2.45) is 7.05 Å². The second kappa shape index (κ2) is 7.03. The van der Waals surface area contributed by atoms with Crippen LogP contribution < -0.4 is 5.32 Å². The van der Waals surface area contributed by atoms with E-state index in [4.69, 9.17) is 11.6 Å². The maximum atomic E-state index is 12.4. The second-order valence-electron chi connectivity index (χ2n) is 5.81. The van der Waals surface area contributed by atoms with Gasteiger partial charge in [-0.3, -0.25) is 9.48 Å². The highest BCUT2D eigenvalue weighted by atomic mass is 35.5. The minimum Gasteiger partial charge on any atom is -0.345 e. The number of carbonyl (C=O) groups is 1. The number of hydrogen-bond donors (Lipinski definition) is 1. The zero-order valence-corrected chi connectivity index (χ0v) is 14.9. The molecule has 1 N–H and O–H groups in total. The number of nitrogens with one attached hydrogen (secondary N) is 1. The van der Waals surface area contributed by atoms with Crippen molar-refractivity contribution in [2.45, 2.75) is 19.9 Å². The lowest BCUT2D eigenvalue weighted by Crippen LogP contribution is -2.27. The number of halogens is 1. The molecule has 0 saturated heterocycles. The second-order valence-corrected chi connectivity index (χ2v) is 6.24. The summed E-state index contributed by atoms with van der Waals surface area (Å²) in [6.45, 7) is 3.89. The molecule has 1 aromatic carbocycles. The SMILES string of the molecule is Cc1c([C@@H](C)NC(=O)c2cnc(-c3ccc(Cl)cc3)nc2)cnn1C. The fourth-order valence-electron chi connectivity index (χ4n) is 2.49. The van der Waals surface area contributed by atoms with E-state index in [-0.39, 0.29) is 11.9 Å². The number of benzene rings is 1. The van der Waals surface area contributed by atoms with Gasteiger partial charge in [0.25, 0.3) is 5.91 Å². The molecule has 25 heavy (non-hydrogen) atoms. The Morgan fingerprint density at radius 1 is 1.16 bits per heavy atom. The highest BCUT2D eigenvalue weighted by Gasteiger charge is 2.16. The molecule has 7 heteroatoms. The molecule has 0 unspecified atom stereocenters. The van der Waals surface area contributed by atoms with Gasteiger partial charge in [0.2, 0.25) is 0 Å². The van der Waals surface area contributed by atoms with Gasteiger partial charge >= 0.3 is 0 Å². The van der Waals surface area contributed by atoms with E-state index in [0.29, 0.717) is 16.4 Å². The first kappa shape index (κ1) is 17.1. The Morgan fingerprint density at radius 2 is 1.80 bits per heavy atom. The summed E-state index contributed by atoms with van der Waals surface area (Å²) in [4.78, 5) is 20.9. The third-order valence-corrected chi connectivity index (χ3v) is 4.36. The van der Waals surface area contributed by atoms with Crippen molar-refractivity contribution in [3.63, 3.8) is 0 Å². The Kier molecular flexibility index (Phi) is 4.81. The van der Waals surface area contributed by atoms with Crippen LogP contribution in [0, 0.1) is 6.92 Å². The first-order chi connectivity index (χ1) is 12.0.